The number of hydrogen-bond acceptors (Lipinski definition) is 6. The third kappa shape index (κ3) is 6.09. The Kier molecular flexibility index (Phi) is 9.11. The van der Waals surface area contributed by atoms with Gasteiger partial charge in [-0.05, 0) is 75.5 Å². The van der Waals surface area contributed by atoms with Crippen LogP contribution in [0.25, 0.3) is 0 Å². The van der Waals surface area contributed by atoms with Gasteiger partial charge < -0.3 is 30.9 Å². The lowest BCUT2D eigenvalue weighted by Crippen LogP contribution is -2.64. The number of likely N-dealkylation sites (N-methyl/N-ethyl adjacent to an activating group) is 1. The van der Waals surface area contributed by atoms with Crippen molar-refractivity contribution >= 4 is 39.6 Å². The molecule has 0 spiro atoms. The molecule has 43 heavy (non-hydrogen) atoms. The maximum Gasteiger partial charge on any atom is 0.245 e. The first-order valence-corrected chi connectivity index (χ1v) is 17.5. The minimum absolute atomic E-state index is 0.0149. The first-order valence-electron chi connectivity index (χ1n) is 16.6. The van der Waals surface area contributed by atoms with Gasteiger partial charge in [0.15, 0.2) is 0 Å². The predicted molar refractivity (Wildman–Crippen MR) is 165 cm³/mol. The highest BCUT2D eigenvalue weighted by Gasteiger charge is 2.56. The van der Waals surface area contributed by atoms with Crippen LogP contribution in [0.4, 0.5) is 0 Å². The van der Waals surface area contributed by atoms with Crippen molar-refractivity contribution in [3.63, 3.8) is 0 Å². The maximum atomic E-state index is 14.1. The fourth-order valence-corrected chi connectivity index (χ4v) is 9.52. The van der Waals surface area contributed by atoms with Gasteiger partial charge in [0, 0.05) is 49.4 Å². The number of fused-ring (bicyclic) bond motifs is 4. The standard InChI is InChI=1S/C32H48BrN5O5/c1-37(17-19-6-2-4-8-24(19)33)29(41)26(14-20-16-34-25-9-5-3-7-23(20)25)36-28(40)27-15-22(39)18-38(27)31(43)32-12-10-21(11-13-32)35-30(32)42/h16,19,21-27,34,39H,2-15,17-18H2,1H3,(H,35,42)(H,36,40)/t19?,21?,22-,23?,24?,25?,26?,27?,32?/m1/s1. The molecule has 3 aliphatic carbocycles. The Morgan fingerprint density at radius 1 is 1.12 bits per heavy atom. The summed E-state index contributed by atoms with van der Waals surface area (Å²) in [5.41, 5.74) is -0.00307. The normalized spacial score (nSPS) is 37.6. The zero-order chi connectivity index (χ0) is 30.3. The molecule has 4 heterocycles. The summed E-state index contributed by atoms with van der Waals surface area (Å²) in [6, 6.07) is -1.19. The van der Waals surface area contributed by atoms with Crippen LogP contribution in [0.2, 0.25) is 0 Å². The van der Waals surface area contributed by atoms with E-state index >= 15 is 0 Å². The second-order valence-electron chi connectivity index (χ2n) is 14.1. The minimum atomic E-state index is -1.17. The number of aliphatic hydroxyl groups is 1. The van der Waals surface area contributed by atoms with Crippen LogP contribution in [-0.2, 0) is 19.2 Å². The highest BCUT2D eigenvalue weighted by molar-refractivity contribution is 9.09. The molecule has 0 aromatic heterocycles. The molecule has 6 fully saturated rings. The summed E-state index contributed by atoms with van der Waals surface area (Å²) in [6.07, 6.45) is 13.2. The van der Waals surface area contributed by atoms with Crippen molar-refractivity contribution in [1.29, 1.82) is 0 Å². The molecule has 4 N–H and O–H groups in total. The minimum Gasteiger partial charge on any atom is -0.391 e. The summed E-state index contributed by atoms with van der Waals surface area (Å²) in [4.78, 5) is 58.5. The number of likely N-dealkylation sites (tertiary alicyclic amines) is 1. The van der Waals surface area contributed by atoms with Crippen molar-refractivity contribution in [2.24, 2.45) is 17.3 Å². The number of hydrogen-bond donors (Lipinski definition) is 4. The molecule has 3 saturated carbocycles. The van der Waals surface area contributed by atoms with E-state index in [1.807, 2.05) is 7.05 Å². The van der Waals surface area contributed by atoms with Crippen LogP contribution in [0.15, 0.2) is 11.8 Å². The van der Waals surface area contributed by atoms with Crippen LogP contribution in [0, 0.1) is 17.3 Å². The van der Waals surface area contributed by atoms with E-state index in [9.17, 15) is 24.3 Å². The van der Waals surface area contributed by atoms with Gasteiger partial charge in [0.25, 0.3) is 0 Å². The van der Waals surface area contributed by atoms with Gasteiger partial charge in [0.05, 0.1) is 6.10 Å². The fourth-order valence-electron chi connectivity index (χ4n) is 8.76. The summed E-state index contributed by atoms with van der Waals surface area (Å²) in [7, 11) is 1.83. The molecule has 7 rings (SSSR count). The van der Waals surface area contributed by atoms with E-state index in [0.717, 1.165) is 51.4 Å². The second kappa shape index (κ2) is 12.7. The monoisotopic (exact) mass is 661 g/mol. The highest BCUT2D eigenvalue weighted by atomic mass is 79.9. The average molecular weight is 663 g/mol. The molecule has 11 heteroatoms. The van der Waals surface area contributed by atoms with Crippen molar-refractivity contribution < 1.29 is 24.3 Å². The van der Waals surface area contributed by atoms with Gasteiger partial charge >= 0.3 is 0 Å². The van der Waals surface area contributed by atoms with E-state index in [2.05, 4.69) is 38.1 Å². The quantitative estimate of drug-likeness (QED) is 0.233. The maximum absolute atomic E-state index is 14.1. The number of amides is 4. The first-order chi connectivity index (χ1) is 20.7. The van der Waals surface area contributed by atoms with Crippen molar-refractivity contribution in [3.8, 4) is 0 Å². The molecule has 3 saturated heterocycles. The molecular formula is C32H48BrN5O5. The summed E-state index contributed by atoms with van der Waals surface area (Å²) >= 11 is 3.82. The number of aliphatic hydroxyl groups excluding tert-OH is 1. The summed E-state index contributed by atoms with van der Waals surface area (Å²) < 4.78 is 0. The van der Waals surface area contributed by atoms with Crippen LogP contribution in [0.3, 0.4) is 0 Å². The Morgan fingerprint density at radius 3 is 2.58 bits per heavy atom. The molecule has 4 aliphatic heterocycles. The number of piperidine rings is 2. The van der Waals surface area contributed by atoms with Gasteiger partial charge in [0.2, 0.25) is 23.6 Å². The lowest BCUT2D eigenvalue weighted by molar-refractivity contribution is -0.160. The van der Waals surface area contributed by atoms with E-state index in [1.165, 1.54) is 23.3 Å². The number of carbonyl (C=O) groups excluding carboxylic acids is 4. The molecule has 0 aromatic rings. The van der Waals surface area contributed by atoms with Crippen LogP contribution in [-0.4, -0.2) is 93.8 Å². The van der Waals surface area contributed by atoms with Crippen LogP contribution >= 0.6 is 15.9 Å². The van der Waals surface area contributed by atoms with Crippen molar-refractivity contribution in [3.05, 3.63) is 11.8 Å². The molecule has 0 aromatic carbocycles. The lowest BCUT2D eigenvalue weighted by atomic mass is 9.67. The third-order valence-corrected chi connectivity index (χ3v) is 12.5. The average Bonchev–Trinajstić information content (AvgIpc) is 3.61. The Balaban J connectivity index is 1.19. The summed E-state index contributed by atoms with van der Waals surface area (Å²) in [5, 5.41) is 20.2. The van der Waals surface area contributed by atoms with Crippen LogP contribution in [0.5, 0.6) is 0 Å². The van der Waals surface area contributed by atoms with E-state index < -0.39 is 29.5 Å². The summed E-state index contributed by atoms with van der Waals surface area (Å²) in [6.45, 7) is 0.636. The zero-order valence-corrected chi connectivity index (χ0v) is 26.9. The van der Waals surface area contributed by atoms with E-state index in [-0.39, 0.29) is 36.7 Å². The topological polar surface area (TPSA) is 131 Å². The van der Waals surface area contributed by atoms with Gasteiger partial charge in [0.1, 0.15) is 17.5 Å². The SMILES string of the molecule is CN(CC1CCCCC1Br)C(=O)C(CC1=CNC2CCCCC12)NC(=O)C1C[C@@H](O)CN1C(=O)C12CCC(CC1)NC2=O. The van der Waals surface area contributed by atoms with E-state index in [4.69, 9.17) is 0 Å². The van der Waals surface area contributed by atoms with Gasteiger partial charge in [-0.15, -0.1) is 0 Å². The Bertz CT molecular complexity index is 1140. The third-order valence-electron chi connectivity index (χ3n) is 11.3. The van der Waals surface area contributed by atoms with Gasteiger partial charge in [-0.3, -0.25) is 19.2 Å². The van der Waals surface area contributed by atoms with Gasteiger partial charge in [-0.1, -0.05) is 41.6 Å². The molecule has 7 aliphatic rings. The number of β-amino-alcohol motifs (C(OH)–C–C–N with tert-alkyl or cyclic N) is 1. The second-order valence-corrected chi connectivity index (χ2v) is 15.3. The van der Waals surface area contributed by atoms with E-state index in [0.29, 0.717) is 48.5 Å². The van der Waals surface area contributed by atoms with Gasteiger partial charge in [-0.25, -0.2) is 0 Å². The number of nitrogens with one attached hydrogen (secondary N) is 3. The highest BCUT2D eigenvalue weighted by Crippen LogP contribution is 2.44. The number of rotatable bonds is 8. The molecule has 0 radical (unpaired) electrons. The molecule has 2 bridgehead atoms. The summed E-state index contributed by atoms with van der Waals surface area (Å²) in [5.74, 6) is -0.455. The molecular weight excluding hydrogens is 614 g/mol. The first kappa shape index (κ1) is 30.9. The van der Waals surface area contributed by atoms with Gasteiger partial charge in [-0.2, -0.15) is 0 Å². The largest absolute Gasteiger partial charge is 0.391 e. The number of halogens is 1. The van der Waals surface area contributed by atoms with Crippen LogP contribution in [0.1, 0.15) is 89.9 Å². The number of alkyl halides is 1. The molecule has 10 nitrogen and oxygen atoms in total. The molecule has 7 atom stereocenters. The number of carbonyl (C=O) groups is 4. The smallest absolute Gasteiger partial charge is 0.245 e. The van der Waals surface area contributed by atoms with Crippen molar-refractivity contribution in [2.45, 2.75) is 125 Å². The number of nitrogens with zero attached hydrogens (tertiary/aromatic N) is 2. The Labute approximate surface area is 263 Å². The molecule has 4 amide bonds. The lowest BCUT2D eigenvalue weighted by Gasteiger charge is -2.46. The molecule has 6 unspecified atom stereocenters. The van der Waals surface area contributed by atoms with E-state index in [1.54, 1.807) is 4.90 Å². The molecule has 238 valence electrons. The Morgan fingerprint density at radius 2 is 1.84 bits per heavy atom. The zero-order valence-electron chi connectivity index (χ0n) is 25.4. The Hall–Kier alpha value is -2.14. The predicted octanol–water partition coefficient (Wildman–Crippen LogP) is 2.34. The van der Waals surface area contributed by atoms with Crippen molar-refractivity contribution in [1.82, 2.24) is 25.8 Å². The fraction of sp³-hybridized carbons (Fsp3) is 0.812. The van der Waals surface area contributed by atoms with Crippen molar-refractivity contribution in [2.75, 3.05) is 20.1 Å². The van der Waals surface area contributed by atoms with Crippen LogP contribution < -0.4 is 16.0 Å².